The second-order valence-corrected chi connectivity index (χ2v) is 7.85. The molecule has 1 heterocycles. The van der Waals surface area contributed by atoms with E-state index in [1.54, 1.807) is 17.9 Å². The molecule has 0 aliphatic carbocycles. The van der Waals surface area contributed by atoms with Crippen LogP contribution in [-0.4, -0.2) is 48.4 Å². The van der Waals surface area contributed by atoms with E-state index in [0.29, 0.717) is 31.7 Å². The number of carbonyl (C=O) groups excluding carboxylic acids is 3. The molecule has 1 aliphatic rings. The van der Waals surface area contributed by atoms with E-state index in [2.05, 4.69) is 5.32 Å². The number of hydrogen-bond acceptors (Lipinski definition) is 4. The highest BCUT2D eigenvalue weighted by molar-refractivity contribution is 5.98. The smallest absolute Gasteiger partial charge is 0.310 e. The molecule has 0 spiro atoms. The number of nitrogens with one attached hydrogen (secondary N) is 1. The number of nitrogens with zero attached hydrogens (tertiary/aromatic N) is 1. The van der Waals surface area contributed by atoms with Gasteiger partial charge in [0.2, 0.25) is 5.91 Å². The molecule has 0 radical (unpaired) electrons. The van der Waals surface area contributed by atoms with Gasteiger partial charge in [0.1, 0.15) is 6.04 Å². The Morgan fingerprint density at radius 1 is 1.25 bits per heavy atom. The molecule has 2 rings (SSSR count). The van der Waals surface area contributed by atoms with Crippen molar-refractivity contribution in [2.45, 2.75) is 53.0 Å². The van der Waals surface area contributed by atoms with Crippen LogP contribution in [0, 0.1) is 18.8 Å². The van der Waals surface area contributed by atoms with Crippen molar-refractivity contribution in [2.75, 3.05) is 19.7 Å². The zero-order valence-electron chi connectivity index (χ0n) is 17.4. The lowest BCUT2D eigenvalue weighted by atomic mass is 9.96. The van der Waals surface area contributed by atoms with Crippen LogP contribution in [0.3, 0.4) is 0 Å². The number of esters is 1. The van der Waals surface area contributed by atoms with E-state index in [0.717, 1.165) is 18.4 Å². The highest BCUT2D eigenvalue weighted by atomic mass is 16.5. The molecule has 154 valence electrons. The van der Waals surface area contributed by atoms with E-state index in [1.165, 1.54) is 0 Å². The van der Waals surface area contributed by atoms with E-state index in [9.17, 15) is 14.4 Å². The zero-order chi connectivity index (χ0) is 20.7. The van der Waals surface area contributed by atoms with E-state index in [4.69, 9.17) is 4.74 Å². The molecular formula is C22H32N2O4. The summed E-state index contributed by atoms with van der Waals surface area (Å²) in [6, 6.07) is 6.73. The van der Waals surface area contributed by atoms with Gasteiger partial charge >= 0.3 is 5.97 Å². The summed E-state index contributed by atoms with van der Waals surface area (Å²) in [7, 11) is 0. The Morgan fingerprint density at radius 2 is 1.96 bits per heavy atom. The average Bonchev–Trinajstić information content (AvgIpc) is 2.67. The van der Waals surface area contributed by atoms with Crippen LogP contribution in [0.5, 0.6) is 0 Å². The third-order valence-electron chi connectivity index (χ3n) is 5.05. The van der Waals surface area contributed by atoms with E-state index >= 15 is 0 Å². The van der Waals surface area contributed by atoms with Crippen LogP contribution in [0.25, 0.3) is 0 Å². The van der Waals surface area contributed by atoms with Crippen LogP contribution in [0.1, 0.15) is 56.0 Å². The van der Waals surface area contributed by atoms with Crippen LogP contribution in [0.15, 0.2) is 24.3 Å². The lowest BCUT2D eigenvalue weighted by Gasteiger charge is -2.34. The average molecular weight is 389 g/mol. The SMILES string of the molecule is CCOC(=O)C1CCCN(C(=O)C(CC(C)C)NC(=O)c2ccccc2C)C1. The zero-order valence-corrected chi connectivity index (χ0v) is 17.4. The number of aryl methyl sites for hydroxylation is 1. The van der Waals surface area contributed by atoms with Crippen LogP contribution in [0.2, 0.25) is 0 Å². The maximum atomic E-state index is 13.2. The van der Waals surface area contributed by atoms with Gasteiger partial charge in [0.05, 0.1) is 12.5 Å². The minimum atomic E-state index is -0.604. The molecule has 2 unspecified atom stereocenters. The van der Waals surface area contributed by atoms with Crippen molar-refractivity contribution in [2.24, 2.45) is 11.8 Å². The summed E-state index contributed by atoms with van der Waals surface area (Å²) in [4.78, 5) is 39.7. The number of likely N-dealkylation sites (tertiary alicyclic amines) is 1. The Labute approximate surface area is 167 Å². The van der Waals surface area contributed by atoms with Gasteiger partial charge in [-0.15, -0.1) is 0 Å². The predicted octanol–water partition coefficient (Wildman–Crippen LogP) is 2.94. The van der Waals surface area contributed by atoms with Crippen molar-refractivity contribution >= 4 is 17.8 Å². The molecule has 1 aliphatic heterocycles. The second-order valence-electron chi connectivity index (χ2n) is 7.85. The van der Waals surface area contributed by atoms with Crippen LogP contribution < -0.4 is 5.32 Å². The molecule has 0 saturated carbocycles. The van der Waals surface area contributed by atoms with Gasteiger partial charge in [-0.05, 0) is 50.7 Å². The number of amides is 2. The maximum absolute atomic E-state index is 13.2. The Kier molecular flexibility index (Phi) is 8.03. The van der Waals surface area contributed by atoms with Gasteiger partial charge in [-0.3, -0.25) is 14.4 Å². The predicted molar refractivity (Wildman–Crippen MR) is 108 cm³/mol. The quantitative estimate of drug-likeness (QED) is 0.729. The summed E-state index contributed by atoms with van der Waals surface area (Å²) in [6.45, 7) is 9.00. The topological polar surface area (TPSA) is 75.7 Å². The fourth-order valence-electron chi connectivity index (χ4n) is 3.61. The molecule has 0 bridgehead atoms. The van der Waals surface area contributed by atoms with Crippen LogP contribution in [0.4, 0.5) is 0 Å². The van der Waals surface area contributed by atoms with Gasteiger partial charge in [-0.2, -0.15) is 0 Å². The Balaban J connectivity index is 2.11. The summed E-state index contributed by atoms with van der Waals surface area (Å²) in [6.07, 6.45) is 2.04. The largest absolute Gasteiger partial charge is 0.466 e. The third-order valence-corrected chi connectivity index (χ3v) is 5.05. The Bertz CT molecular complexity index is 702. The van der Waals surface area contributed by atoms with Crippen molar-refractivity contribution in [3.8, 4) is 0 Å². The van der Waals surface area contributed by atoms with E-state index in [1.807, 2.05) is 39.0 Å². The first-order chi connectivity index (χ1) is 13.3. The second kappa shape index (κ2) is 10.2. The van der Waals surface area contributed by atoms with Gasteiger partial charge in [0, 0.05) is 18.7 Å². The molecular weight excluding hydrogens is 356 g/mol. The van der Waals surface area contributed by atoms with Gasteiger partial charge in [-0.25, -0.2) is 0 Å². The normalized spacial score (nSPS) is 17.9. The van der Waals surface area contributed by atoms with Crippen molar-refractivity contribution in [1.29, 1.82) is 0 Å². The lowest BCUT2D eigenvalue weighted by Crippen LogP contribution is -2.52. The highest BCUT2D eigenvalue weighted by Gasteiger charge is 2.33. The van der Waals surface area contributed by atoms with E-state index < -0.39 is 6.04 Å². The first-order valence-electron chi connectivity index (χ1n) is 10.1. The molecule has 1 N–H and O–H groups in total. The van der Waals surface area contributed by atoms with Gasteiger partial charge < -0.3 is 15.0 Å². The lowest BCUT2D eigenvalue weighted by molar-refractivity contribution is -0.151. The van der Waals surface area contributed by atoms with Crippen molar-refractivity contribution in [3.05, 3.63) is 35.4 Å². The molecule has 1 saturated heterocycles. The molecule has 1 fully saturated rings. The minimum Gasteiger partial charge on any atom is -0.466 e. The summed E-state index contributed by atoms with van der Waals surface area (Å²) in [5.41, 5.74) is 1.45. The molecule has 2 amide bonds. The molecule has 1 aromatic rings. The number of rotatable bonds is 7. The minimum absolute atomic E-state index is 0.121. The fraction of sp³-hybridized carbons (Fsp3) is 0.591. The van der Waals surface area contributed by atoms with Crippen molar-refractivity contribution < 1.29 is 19.1 Å². The maximum Gasteiger partial charge on any atom is 0.310 e. The molecule has 1 aromatic carbocycles. The molecule has 28 heavy (non-hydrogen) atoms. The van der Waals surface area contributed by atoms with Gasteiger partial charge in [-0.1, -0.05) is 32.0 Å². The number of carbonyl (C=O) groups is 3. The third kappa shape index (κ3) is 5.81. The number of ether oxygens (including phenoxy) is 1. The summed E-state index contributed by atoms with van der Waals surface area (Å²) < 4.78 is 5.12. The van der Waals surface area contributed by atoms with Crippen LogP contribution in [-0.2, 0) is 14.3 Å². The summed E-state index contributed by atoms with van der Waals surface area (Å²) in [5.74, 6) is -0.647. The van der Waals surface area contributed by atoms with Crippen molar-refractivity contribution in [3.63, 3.8) is 0 Å². The van der Waals surface area contributed by atoms with E-state index in [-0.39, 0.29) is 29.6 Å². The Hall–Kier alpha value is -2.37. The monoisotopic (exact) mass is 388 g/mol. The molecule has 6 heteroatoms. The van der Waals surface area contributed by atoms with Crippen LogP contribution >= 0.6 is 0 Å². The molecule has 6 nitrogen and oxygen atoms in total. The summed E-state index contributed by atoms with van der Waals surface area (Å²) >= 11 is 0. The first kappa shape index (κ1) is 21.9. The highest BCUT2D eigenvalue weighted by Crippen LogP contribution is 2.20. The number of benzene rings is 1. The van der Waals surface area contributed by atoms with Crippen molar-refractivity contribution in [1.82, 2.24) is 10.2 Å². The Morgan fingerprint density at radius 3 is 2.61 bits per heavy atom. The molecule has 2 atom stereocenters. The first-order valence-corrected chi connectivity index (χ1v) is 10.1. The fourth-order valence-corrected chi connectivity index (χ4v) is 3.61. The summed E-state index contributed by atoms with van der Waals surface area (Å²) in [5, 5.41) is 2.93. The standard InChI is InChI=1S/C22H32N2O4/c1-5-28-22(27)17-10-8-12-24(14-17)21(26)19(13-15(2)3)23-20(25)18-11-7-6-9-16(18)4/h6-7,9,11,15,17,19H,5,8,10,12-14H2,1-4H3,(H,23,25). The molecule has 0 aromatic heterocycles. The van der Waals surface area contributed by atoms with Gasteiger partial charge in [0.25, 0.3) is 5.91 Å². The number of hydrogen-bond donors (Lipinski definition) is 1. The van der Waals surface area contributed by atoms with Gasteiger partial charge in [0.15, 0.2) is 0 Å². The number of piperidine rings is 1.